The lowest BCUT2D eigenvalue weighted by atomic mass is 9.89. The Morgan fingerprint density at radius 2 is 1.88 bits per heavy atom. The highest BCUT2D eigenvalue weighted by molar-refractivity contribution is 5.38. The quantitative estimate of drug-likeness (QED) is 0.847. The molecule has 0 aromatic heterocycles. The summed E-state index contributed by atoms with van der Waals surface area (Å²) in [5, 5.41) is 9.99. The maximum Gasteiger partial charge on any atom is 0.120 e. The molecule has 1 fully saturated rings. The second kappa shape index (κ2) is 4.69. The topological polar surface area (TPSA) is 29.5 Å². The molecule has 1 aromatic carbocycles. The standard InChI is InChI=1S/C15H20O2/c16-15-7-3-4-11-8-9-13(10-14(11)15)17-12-5-1-2-6-12/h8-10,12,15-16H,1-7H2/t15-/m1/s1. The van der Waals surface area contributed by atoms with Crippen molar-refractivity contribution in [2.24, 2.45) is 0 Å². The molecule has 17 heavy (non-hydrogen) atoms. The monoisotopic (exact) mass is 232 g/mol. The molecule has 0 spiro atoms. The van der Waals surface area contributed by atoms with Crippen molar-refractivity contribution in [3.63, 3.8) is 0 Å². The van der Waals surface area contributed by atoms with E-state index < -0.39 is 0 Å². The van der Waals surface area contributed by atoms with E-state index in [0.717, 1.165) is 30.6 Å². The molecule has 2 aliphatic rings. The van der Waals surface area contributed by atoms with Crippen molar-refractivity contribution < 1.29 is 9.84 Å². The molecule has 92 valence electrons. The first kappa shape index (κ1) is 11.1. The summed E-state index contributed by atoms with van der Waals surface area (Å²) in [6.07, 6.45) is 8.13. The molecule has 1 atom stereocenters. The Hall–Kier alpha value is -1.02. The van der Waals surface area contributed by atoms with Gasteiger partial charge >= 0.3 is 0 Å². The highest BCUT2D eigenvalue weighted by Gasteiger charge is 2.20. The average molecular weight is 232 g/mol. The number of ether oxygens (including phenoxy) is 1. The minimum Gasteiger partial charge on any atom is -0.490 e. The number of aliphatic hydroxyl groups is 1. The van der Waals surface area contributed by atoms with Crippen molar-refractivity contribution in [3.05, 3.63) is 29.3 Å². The molecule has 2 heteroatoms. The normalized spacial score (nSPS) is 24.6. The molecular weight excluding hydrogens is 212 g/mol. The summed E-state index contributed by atoms with van der Waals surface area (Å²) in [5.41, 5.74) is 2.38. The number of benzene rings is 1. The molecule has 1 N–H and O–H groups in total. The Labute approximate surface area is 103 Å². The molecule has 0 saturated heterocycles. The fourth-order valence-corrected chi connectivity index (χ4v) is 3.02. The van der Waals surface area contributed by atoms with Crippen LogP contribution in [-0.2, 0) is 6.42 Å². The highest BCUT2D eigenvalue weighted by Crippen LogP contribution is 2.33. The largest absolute Gasteiger partial charge is 0.490 e. The first-order chi connectivity index (χ1) is 8.33. The number of aliphatic hydroxyl groups excluding tert-OH is 1. The molecule has 0 unspecified atom stereocenters. The van der Waals surface area contributed by atoms with Gasteiger partial charge in [-0.1, -0.05) is 6.07 Å². The Kier molecular flexibility index (Phi) is 3.06. The number of fused-ring (bicyclic) bond motifs is 1. The van der Waals surface area contributed by atoms with E-state index in [1.54, 1.807) is 0 Å². The van der Waals surface area contributed by atoms with Crippen LogP contribution in [-0.4, -0.2) is 11.2 Å². The molecule has 3 rings (SSSR count). The lowest BCUT2D eigenvalue weighted by molar-refractivity contribution is 0.155. The van der Waals surface area contributed by atoms with Crippen LogP contribution in [0.15, 0.2) is 18.2 Å². The first-order valence-corrected chi connectivity index (χ1v) is 6.80. The fraction of sp³-hybridized carbons (Fsp3) is 0.600. The van der Waals surface area contributed by atoms with E-state index in [-0.39, 0.29) is 6.10 Å². The Bertz CT molecular complexity index is 394. The number of hydrogen-bond acceptors (Lipinski definition) is 2. The molecule has 0 aliphatic heterocycles. The van der Waals surface area contributed by atoms with Crippen LogP contribution in [0, 0.1) is 0 Å². The van der Waals surface area contributed by atoms with E-state index >= 15 is 0 Å². The van der Waals surface area contributed by atoms with Crippen LogP contribution in [0.3, 0.4) is 0 Å². The van der Waals surface area contributed by atoms with Crippen LogP contribution in [0.1, 0.15) is 55.8 Å². The van der Waals surface area contributed by atoms with Crippen LogP contribution in [0.5, 0.6) is 5.75 Å². The van der Waals surface area contributed by atoms with Crippen LogP contribution < -0.4 is 4.74 Å². The molecule has 2 aliphatic carbocycles. The van der Waals surface area contributed by atoms with Crippen molar-refractivity contribution in [3.8, 4) is 5.75 Å². The molecule has 0 bridgehead atoms. The van der Waals surface area contributed by atoms with Gasteiger partial charge in [-0.2, -0.15) is 0 Å². The van der Waals surface area contributed by atoms with E-state index in [2.05, 4.69) is 18.2 Å². The Balaban J connectivity index is 1.79. The van der Waals surface area contributed by atoms with Gasteiger partial charge in [0.25, 0.3) is 0 Å². The van der Waals surface area contributed by atoms with E-state index in [1.807, 2.05) is 0 Å². The van der Waals surface area contributed by atoms with Crippen LogP contribution in [0.4, 0.5) is 0 Å². The average Bonchev–Trinajstić information content (AvgIpc) is 2.83. The summed E-state index contributed by atoms with van der Waals surface area (Å²) >= 11 is 0. The van der Waals surface area contributed by atoms with Crippen molar-refractivity contribution in [2.75, 3.05) is 0 Å². The van der Waals surface area contributed by atoms with Crippen LogP contribution >= 0.6 is 0 Å². The van der Waals surface area contributed by atoms with E-state index in [4.69, 9.17) is 4.74 Å². The summed E-state index contributed by atoms with van der Waals surface area (Å²) < 4.78 is 5.98. The number of rotatable bonds is 2. The predicted octanol–water partition coefficient (Wildman–Crippen LogP) is 3.38. The maximum absolute atomic E-state index is 9.99. The second-order valence-electron chi connectivity index (χ2n) is 5.29. The van der Waals surface area contributed by atoms with E-state index in [9.17, 15) is 5.11 Å². The summed E-state index contributed by atoms with van der Waals surface area (Å²) in [7, 11) is 0. The zero-order chi connectivity index (χ0) is 11.7. The van der Waals surface area contributed by atoms with Gasteiger partial charge in [-0.3, -0.25) is 0 Å². The zero-order valence-electron chi connectivity index (χ0n) is 10.2. The third kappa shape index (κ3) is 2.32. The Morgan fingerprint density at radius 3 is 2.71 bits per heavy atom. The molecule has 0 radical (unpaired) electrons. The second-order valence-corrected chi connectivity index (χ2v) is 5.29. The van der Waals surface area contributed by atoms with E-state index in [1.165, 1.54) is 31.2 Å². The molecule has 1 saturated carbocycles. The minimum atomic E-state index is -0.286. The number of hydrogen-bond donors (Lipinski definition) is 1. The summed E-state index contributed by atoms with van der Waals surface area (Å²) in [5.74, 6) is 0.941. The summed E-state index contributed by atoms with van der Waals surface area (Å²) in [4.78, 5) is 0. The van der Waals surface area contributed by atoms with Gasteiger partial charge < -0.3 is 9.84 Å². The minimum absolute atomic E-state index is 0.286. The number of aryl methyl sites for hydroxylation is 1. The third-order valence-electron chi connectivity index (χ3n) is 4.00. The van der Waals surface area contributed by atoms with Crippen molar-refractivity contribution >= 4 is 0 Å². The fourth-order valence-electron chi connectivity index (χ4n) is 3.02. The van der Waals surface area contributed by atoms with Gasteiger partial charge in [-0.15, -0.1) is 0 Å². The van der Waals surface area contributed by atoms with Gasteiger partial charge in [0.05, 0.1) is 12.2 Å². The summed E-state index contributed by atoms with van der Waals surface area (Å²) in [6.45, 7) is 0. The van der Waals surface area contributed by atoms with Crippen molar-refractivity contribution in [2.45, 2.75) is 57.2 Å². The van der Waals surface area contributed by atoms with Gasteiger partial charge in [0.15, 0.2) is 0 Å². The molecule has 0 amide bonds. The molecule has 2 nitrogen and oxygen atoms in total. The van der Waals surface area contributed by atoms with Gasteiger partial charge in [0, 0.05) is 0 Å². The Morgan fingerprint density at radius 1 is 1.06 bits per heavy atom. The molecule has 0 heterocycles. The maximum atomic E-state index is 9.99. The lowest BCUT2D eigenvalue weighted by Crippen LogP contribution is -2.13. The summed E-state index contributed by atoms with van der Waals surface area (Å²) in [6, 6.07) is 6.24. The first-order valence-electron chi connectivity index (χ1n) is 6.80. The SMILES string of the molecule is O[C@@H]1CCCc2ccc(OC3CCCC3)cc21. The van der Waals surface area contributed by atoms with Crippen molar-refractivity contribution in [1.82, 2.24) is 0 Å². The zero-order valence-corrected chi connectivity index (χ0v) is 10.2. The van der Waals surface area contributed by atoms with Crippen LogP contribution in [0.25, 0.3) is 0 Å². The van der Waals surface area contributed by atoms with E-state index in [0.29, 0.717) is 6.10 Å². The van der Waals surface area contributed by atoms with Crippen LogP contribution in [0.2, 0.25) is 0 Å². The van der Waals surface area contributed by atoms with Gasteiger partial charge in [0.2, 0.25) is 0 Å². The van der Waals surface area contributed by atoms with Gasteiger partial charge in [0.1, 0.15) is 5.75 Å². The molecular formula is C15H20O2. The van der Waals surface area contributed by atoms with Crippen molar-refractivity contribution in [1.29, 1.82) is 0 Å². The smallest absolute Gasteiger partial charge is 0.120 e. The third-order valence-corrected chi connectivity index (χ3v) is 4.00. The molecule has 1 aromatic rings. The lowest BCUT2D eigenvalue weighted by Gasteiger charge is -2.22. The van der Waals surface area contributed by atoms with Gasteiger partial charge in [-0.25, -0.2) is 0 Å². The van der Waals surface area contributed by atoms with Gasteiger partial charge in [-0.05, 0) is 68.2 Å². The highest BCUT2D eigenvalue weighted by atomic mass is 16.5. The predicted molar refractivity (Wildman–Crippen MR) is 67.2 cm³/mol.